The van der Waals surface area contributed by atoms with Crippen LogP contribution in [-0.4, -0.2) is 36.6 Å². The first-order valence-corrected chi connectivity index (χ1v) is 6.86. The molecular weight excluding hydrogens is 236 g/mol. The number of nitrogens with one attached hydrogen (secondary N) is 1. The van der Waals surface area contributed by atoms with E-state index in [1.54, 1.807) is 6.20 Å². The van der Waals surface area contributed by atoms with Crippen LogP contribution in [0.3, 0.4) is 0 Å². The lowest BCUT2D eigenvalue weighted by Crippen LogP contribution is -2.41. The number of rotatable bonds is 4. The Morgan fingerprint density at radius 3 is 2.89 bits per heavy atom. The van der Waals surface area contributed by atoms with Crippen molar-refractivity contribution in [1.82, 2.24) is 15.2 Å². The molecule has 0 unspecified atom stereocenters. The number of nitrogens with zero attached hydrogens (tertiary/aromatic N) is 3. The number of likely N-dealkylation sites (tertiary alicyclic amines) is 1. The minimum absolute atomic E-state index is 0.400. The van der Waals surface area contributed by atoms with Crippen LogP contribution >= 0.6 is 0 Å². The second kappa shape index (κ2) is 6.14. The molecular formula is C15H22N4. The number of hydrogen-bond acceptors (Lipinski definition) is 4. The molecule has 1 aliphatic heterocycles. The van der Waals surface area contributed by atoms with Gasteiger partial charge in [-0.25, -0.2) is 4.98 Å². The summed E-state index contributed by atoms with van der Waals surface area (Å²) < 4.78 is 0. The van der Waals surface area contributed by atoms with Crippen molar-refractivity contribution in [3.05, 3.63) is 29.6 Å². The van der Waals surface area contributed by atoms with Gasteiger partial charge in [-0.15, -0.1) is 0 Å². The molecule has 102 valence electrons. The van der Waals surface area contributed by atoms with Crippen molar-refractivity contribution in [3.8, 4) is 6.07 Å². The Morgan fingerprint density at radius 2 is 2.21 bits per heavy atom. The normalized spacial score (nSPS) is 19.0. The van der Waals surface area contributed by atoms with Gasteiger partial charge in [0.2, 0.25) is 0 Å². The third kappa shape index (κ3) is 4.02. The second-order valence-corrected chi connectivity index (χ2v) is 5.88. The molecule has 0 saturated carbocycles. The van der Waals surface area contributed by atoms with E-state index in [9.17, 15) is 0 Å². The molecule has 1 N–H and O–H groups in total. The van der Waals surface area contributed by atoms with E-state index in [1.165, 1.54) is 25.9 Å². The van der Waals surface area contributed by atoms with Gasteiger partial charge in [-0.05, 0) is 56.1 Å². The maximum absolute atomic E-state index is 8.82. The van der Waals surface area contributed by atoms with E-state index in [2.05, 4.69) is 35.2 Å². The van der Waals surface area contributed by atoms with Crippen LogP contribution < -0.4 is 5.32 Å². The quantitative estimate of drug-likeness (QED) is 0.894. The Bertz CT molecular complexity index is 455. The highest BCUT2D eigenvalue weighted by atomic mass is 15.1. The Hall–Kier alpha value is -1.44. The van der Waals surface area contributed by atoms with Crippen LogP contribution in [0.15, 0.2) is 18.3 Å². The predicted octanol–water partition coefficient (Wildman–Crippen LogP) is 1.77. The molecule has 0 radical (unpaired) electrons. The van der Waals surface area contributed by atoms with Crippen LogP contribution in [0.4, 0.5) is 0 Å². The van der Waals surface area contributed by atoms with Gasteiger partial charge in [0.1, 0.15) is 11.8 Å². The van der Waals surface area contributed by atoms with Gasteiger partial charge in [0, 0.05) is 19.3 Å². The molecule has 19 heavy (non-hydrogen) atoms. The third-order valence-corrected chi connectivity index (χ3v) is 4.01. The molecule has 4 nitrogen and oxygen atoms in total. The summed E-state index contributed by atoms with van der Waals surface area (Å²) >= 11 is 0. The van der Waals surface area contributed by atoms with Gasteiger partial charge in [-0.1, -0.05) is 6.92 Å². The Morgan fingerprint density at radius 1 is 1.47 bits per heavy atom. The van der Waals surface area contributed by atoms with Gasteiger partial charge in [-0.3, -0.25) is 0 Å². The van der Waals surface area contributed by atoms with Crippen LogP contribution in [0, 0.1) is 16.7 Å². The van der Waals surface area contributed by atoms with Crippen LogP contribution in [0.2, 0.25) is 0 Å². The lowest BCUT2D eigenvalue weighted by atomic mass is 9.80. The van der Waals surface area contributed by atoms with E-state index in [1.807, 2.05) is 12.1 Å². The zero-order chi connectivity index (χ0) is 13.7. The van der Waals surface area contributed by atoms with E-state index in [0.717, 1.165) is 18.7 Å². The summed E-state index contributed by atoms with van der Waals surface area (Å²) in [6, 6.07) is 5.89. The van der Waals surface area contributed by atoms with Gasteiger partial charge in [-0.2, -0.15) is 5.26 Å². The summed E-state index contributed by atoms with van der Waals surface area (Å²) in [7, 11) is 2.19. The zero-order valence-corrected chi connectivity index (χ0v) is 11.8. The van der Waals surface area contributed by atoms with Crippen molar-refractivity contribution in [1.29, 1.82) is 5.26 Å². The SMILES string of the molecule is CN1CCC(C)(CNCc2ccnc(C#N)c2)CC1. The van der Waals surface area contributed by atoms with Crippen molar-refractivity contribution >= 4 is 0 Å². The van der Waals surface area contributed by atoms with Crippen molar-refractivity contribution in [2.24, 2.45) is 5.41 Å². The van der Waals surface area contributed by atoms with Crippen LogP contribution in [-0.2, 0) is 6.54 Å². The lowest BCUT2D eigenvalue weighted by molar-refractivity contribution is 0.137. The average Bonchev–Trinajstić information content (AvgIpc) is 2.43. The van der Waals surface area contributed by atoms with Crippen molar-refractivity contribution in [2.75, 3.05) is 26.7 Å². The summed E-state index contributed by atoms with van der Waals surface area (Å²) in [5.74, 6) is 0. The topological polar surface area (TPSA) is 52.0 Å². The van der Waals surface area contributed by atoms with Crippen LogP contribution in [0.1, 0.15) is 31.0 Å². The second-order valence-electron chi connectivity index (χ2n) is 5.88. The van der Waals surface area contributed by atoms with E-state index < -0.39 is 0 Å². The summed E-state index contributed by atoms with van der Waals surface area (Å²) in [6.45, 7) is 6.58. The van der Waals surface area contributed by atoms with Gasteiger partial charge in [0.05, 0.1) is 0 Å². The largest absolute Gasteiger partial charge is 0.312 e. The number of hydrogen-bond donors (Lipinski definition) is 1. The molecule has 4 heteroatoms. The van der Waals surface area contributed by atoms with Crippen molar-refractivity contribution in [2.45, 2.75) is 26.3 Å². The molecule has 2 heterocycles. The highest BCUT2D eigenvalue weighted by Gasteiger charge is 2.28. The Balaban J connectivity index is 1.81. The van der Waals surface area contributed by atoms with Crippen LogP contribution in [0.5, 0.6) is 0 Å². The van der Waals surface area contributed by atoms with Gasteiger partial charge < -0.3 is 10.2 Å². The minimum Gasteiger partial charge on any atom is -0.312 e. The molecule has 1 aromatic heterocycles. The number of piperidine rings is 1. The average molecular weight is 258 g/mol. The number of pyridine rings is 1. The van der Waals surface area contributed by atoms with Crippen molar-refractivity contribution < 1.29 is 0 Å². The van der Waals surface area contributed by atoms with E-state index in [0.29, 0.717) is 11.1 Å². The summed E-state index contributed by atoms with van der Waals surface area (Å²) in [5, 5.41) is 12.3. The van der Waals surface area contributed by atoms with Crippen molar-refractivity contribution in [3.63, 3.8) is 0 Å². The Labute approximate surface area is 115 Å². The Kier molecular flexibility index (Phi) is 4.52. The number of aromatic nitrogens is 1. The van der Waals surface area contributed by atoms with E-state index in [-0.39, 0.29) is 0 Å². The molecule has 0 amide bonds. The zero-order valence-electron chi connectivity index (χ0n) is 11.8. The van der Waals surface area contributed by atoms with Crippen LogP contribution in [0.25, 0.3) is 0 Å². The lowest BCUT2D eigenvalue weighted by Gasteiger charge is -2.38. The molecule has 0 bridgehead atoms. The summed E-state index contributed by atoms with van der Waals surface area (Å²) in [6.07, 6.45) is 4.19. The molecule has 0 spiro atoms. The first-order chi connectivity index (χ1) is 9.11. The fraction of sp³-hybridized carbons (Fsp3) is 0.600. The summed E-state index contributed by atoms with van der Waals surface area (Å²) in [5.41, 5.74) is 2.02. The highest BCUT2D eigenvalue weighted by molar-refractivity contribution is 5.25. The third-order valence-electron chi connectivity index (χ3n) is 4.01. The molecule has 1 aliphatic rings. The van der Waals surface area contributed by atoms with E-state index >= 15 is 0 Å². The monoisotopic (exact) mass is 258 g/mol. The molecule has 0 aromatic carbocycles. The maximum atomic E-state index is 8.82. The first kappa shape index (κ1) is 14.0. The highest BCUT2D eigenvalue weighted by Crippen LogP contribution is 2.29. The smallest absolute Gasteiger partial charge is 0.140 e. The molecule has 2 rings (SSSR count). The fourth-order valence-electron chi connectivity index (χ4n) is 2.49. The number of nitriles is 1. The van der Waals surface area contributed by atoms with Gasteiger partial charge in [0.15, 0.2) is 0 Å². The van der Waals surface area contributed by atoms with E-state index in [4.69, 9.17) is 5.26 Å². The molecule has 0 aliphatic carbocycles. The molecule has 1 fully saturated rings. The fourth-order valence-corrected chi connectivity index (χ4v) is 2.49. The van der Waals surface area contributed by atoms with Gasteiger partial charge >= 0.3 is 0 Å². The molecule has 1 aromatic rings. The predicted molar refractivity (Wildman–Crippen MR) is 75.5 cm³/mol. The first-order valence-electron chi connectivity index (χ1n) is 6.86. The standard InChI is InChI=1S/C15H22N4/c1-15(4-7-19(2)8-5-15)12-17-11-13-3-6-18-14(9-13)10-16/h3,6,9,17H,4-5,7-8,11-12H2,1-2H3. The maximum Gasteiger partial charge on any atom is 0.140 e. The summed E-state index contributed by atoms with van der Waals surface area (Å²) in [4.78, 5) is 6.38. The molecule has 0 atom stereocenters. The molecule has 1 saturated heterocycles. The van der Waals surface area contributed by atoms with Gasteiger partial charge in [0.25, 0.3) is 0 Å². The minimum atomic E-state index is 0.400.